The Kier molecular flexibility index (Phi) is 8.01. The van der Waals surface area contributed by atoms with Gasteiger partial charge in [-0.3, -0.25) is 24.2 Å². The van der Waals surface area contributed by atoms with Crippen LogP contribution in [0.4, 0.5) is 4.79 Å². The number of imide groups is 1. The standard InChI is InChI=1S/C22H24N8O6S2/c1-11(31)28(2)21(36)24-14(12-7-5-4-6-8-12)17(32)23-15-18(33)30-16(20(34)35)13(9-37-19(15)30)10-38-22-25-26-27-29(22)3/h4-8,14-15,19H,9-10H2,1-3H3,(H,23,32)(H,24,36)(H,34,35)/t14?,15?,19-/m0/s1. The highest BCUT2D eigenvalue weighted by atomic mass is 32.2. The lowest BCUT2D eigenvalue weighted by Gasteiger charge is -2.49. The Morgan fingerprint density at radius 2 is 1.97 bits per heavy atom. The van der Waals surface area contributed by atoms with Crippen molar-refractivity contribution >= 4 is 53.2 Å². The molecule has 1 saturated heterocycles. The third kappa shape index (κ3) is 5.35. The number of hydrogen-bond acceptors (Lipinski definition) is 10. The first kappa shape index (κ1) is 27.1. The average Bonchev–Trinajstić information content (AvgIpc) is 3.32. The van der Waals surface area contributed by atoms with Crippen LogP contribution < -0.4 is 10.6 Å². The molecule has 0 radical (unpaired) electrons. The summed E-state index contributed by atoms with van der Waals surface area (Å²) >= 11 is 2.57. The van der Waals surface area contributed by atoms with Crippen LogP contribution in [0.3, 0.4) is 0 Å². The molecule has 1 aromatic carbocycles. The molecular formula is C22H24N8O6S2. The van der Waals surface area contributed by atoms with Gasteiger partial charge in [0.25, 0.3) is 5.91 Å². The molecule has 2 unspecified atom stereocenters. The van der Waals surface area contributed by atoms with E-state index in [0.29, 0.717) is 22.0 Å². The number of rotatable bonds is 8. The minimum Gasteiger partial charge on any atom is -0.477 e. The fraction of sp³-hybridized carbons (Fsp3) is 0.364. The summed E-state index contributed by atoms with van der Waals surface area (Å²) in [6.45, 7) is 1.21. The zero-order valence-corrected chi connectivity index (χ0v) is 22.2. The predicted octanol–water partition coefficient (Wildman–Crippen LogP) is -0.0300. The van der Waals surface area contributed by atoms with Gasteiger partial charge in [0, 0.05) is 32.5 Å². The summed E-state index contributed by atoms with van der Waals surface area (Å²) in [6.07, 6.45) is 0. The lowest BCUT2D eigenvalue weighted by Crippen LogP contribution is -2.71. The Labute approximate surface area is 225 Å². The number of fused-ring (bicyclic) bond motifs is 1. The molecular weight excluding hydrogens is 536 g/mol. The van der Waals surface area contributed by atoms with Gasteiger partial charge in [-0.15, -0.1) is 16.9 Å². The minimum absolute atomic E-state index is 0.122. The molecule has 3 N–H and O–H groups in total. The largest absolute Gasteiger partial charge is 0.477 e. The van der Waals surface area contributed by atoms with Crippen LogP contribution in [0.15, 0.2) is 46.8 Å². The number of tetrazole rings is 1. The summed E-state index contributed by atoms with van der Waals surface area (Å²) in [5.74, 6) is -2.42. The fourth-order valence-electron chi connectivity index (χ4n) is 3.84. The van der Waals surface area contributed by atoms with Crippen LogP contribution in [0.1, 0.15) is 18.5 Å². The lowest BCUT2D eigenvalue weighted by molar-refractivity contribution is -0.151. The van der Waals surface area contributed by atoms with Gasteiger partial charge < -0.3 is 15.7 Å². The Balaban J connectivity index is 1.50. The van der Waals surface area contributed by atoms with Gasteiger partial charge in [-0.05, 0) is 21.6 Å². The minimum atomic E-state index is -1.25. The van der Waals surface area contributed by atoms with Crippen molar-refractivity contribution in [1.29, 1.82) is 0 Å². The van der Waals surface area contributed by atoms with Crippen molar-refractivity contribution in [2.75, 3.05) is 18.6 Å². The summed E-state index contributed by atoms with van der Waals surface area (Å²) in [6, 6.07) is 5.40. The number of nitrogens with one attached hydrogen (secondary N) is 2. The van der Waals surface area contributed by atoms with E-state index in [1.54, 1.807) is 37.4 Å². The number of carbonyl (C=O) groups is 5. The van der Waals surface area contributed by atoms with E-state index >= 15 is 0 Å². The molecule has 200 valence electrons. The van der Waals surface area contributed by atoms with Gasteiger partial charge in [-0.25, -0.2) is 14.3 Å². The number of aromatic nitrogens is 4. The number of benzene rings is 1. The second kappa shape index (κ2) is 11.2. The highest BCUT2D eigenvalue weighted by Gasteiger charge is 2.54. The van der Waals surface area contributed by atoms with Crippen LogP contribution in [0.25, 0.3) is 0 Å². The van der Waals surface area contributed by atoms with Gasteiger partial charge >= 0.3 is 12.0 Å². The second-order valence-electron chi connectivity index (χ2n) is 8.40. The first-order valence-electron chi connectivity index (χ1n) is 11.3. The smallest absolute Gasteiger partial charge is 0.352 e. The molecule has 0 aliphatic carbocycles. The van der Waals surface area contributed by atoms with Crippen LogP contribution in [0, 0.1) is 0 Å². The van der Waals surface area contributed by atoms with Gasteiger partial charge in [0.1, 0.15) is 23.2 Å². The molecule has 5 amide bonds. The number of carbonyl (C=O) groups excluding carboxylic acids is 4. The molecule has 2 aromatic rings. The van der Waals surface area contributed by atoms with Gasteiger partial charge in [-0.2, -0.15) is 0 Å². The summed E-state index contributed by atoms with van der Waals surface area (Å²) in [5.41, 5.74) is 0.855. The summed E-state index contributed by atoms with van der Waals surface area (Å²) in [4.78, 5) is 64.6. The number of carboxylic acid groups (broad SMARTS) is 1. The zero-order valence-electron chi connectivity index (χ0n) is 20.5. The summed E-state index contributed by atoms with van der Waals surface area (Å²) in [5, 5.41) is 26.1. The van der Waals surface area contributed by atoms with E-state index < -0.39 is 47.2 Å². The van der Waals surface area contributed by atoms with E-state index in [-0.39, 0.29) is 11.4 Å². The molecule has 16 heteroatoms. The molecule has 3 atom stereocenters. The van der Waals surface area contributed by atoms with Gasteiger partial charge in [0.05, 0.1) is 0 Å². The van der Waals surface area contributed by atoms with Crippen molar-refractivity contribution in [1.82, 2.24) is 40.6 Å². The van der Waals surface area contributed by atoms with Crippen molar-refractivity contribution in [3.05, 3.63) is 47.2 Å². The molecule has 1 aromatic heterocycles. The molecule has 0 saturated carbocycles. The molecule has 1 fully saturated rings. The maximum Gasteiger partial charge on any atom is 0.352 e. The van der Waals surface area contributed by atoms with Crippen LogP contribution in [0.2, 0.25) is 0 Å². The molecule has 38 heavy (non-hydrogen) atoms. The Morgan fingerprint density at radius 1 is 1.26 bits per heavy atom. The Hall–Kier alpha value is -3.92. The van der Waals surface area contributed by atoms with E-state index in [1.165, 1.54) is 47.1 Å². The number of amides is 5. The van der Waals surface area contributed by atoms with Crippen LogP contribution in [-0.2, 0) is 26.2 Å². The van der Waals surface area contributed by atoms with Gasteiger partial charge in [0.15, 0.2) is 0 Å². The number of thioether (sulfide) groups is 2. The van der Waals surface area contributed by atoms with Crippen molar-refractivity contribution in [3.63, 3.8) is 0 Å². The molecule has 2 aliphatic heterocycles. The first-order chi connectivity index (χ1) is 18.1. The summed E-state index contributed by atoms with van der Waals surface area (Å²) < 4.78 is 1.46. The first-order valence-corrected chi connectivity index (χ1v) is 13.3. The summed E-state index contributed by atoms with van der Waals surface area (Å²) in [7, 11) is 2.94. The Morgan fingerprint density at radius 3 is 2.58 bits per heavy atom. The predicted molar refractivity (Wildman–Crippen MR) is 135 cm³/mol. The highest BCUT2D eigenvalue weighted by Crippen LogP contribution is 2.41. The second-order valence-corrected chi connectivity index (χ2v) is 10.4. The quantitative estimate of drug-likeness (QED) is 0.291. The number of aliphatic carboxylic acids is 1. The Bertz CT molecular complexity index is 1320. The van der Waals surface area contributed by atoms with Crippen molar-refractivity contribution < 1.29 is 29.1 Å². The number of β-lactam (4-membered cyclic amide) rings is 1. The average molecular weight is 561 g/mol. The molecule has 2 aliphatic rings. The normalized spacial score (nSPS) is 19.2. The molecule has 3 heterocycles. The van der Waals surface area contributed by atoms with E-state index in [4.69, 9.17) is 0 Å². The number of urea groups is 1. The van der Waals surface area contributed by atoms with E-state index in [9.17, 15) is 29.1 Å². The number of aryl methyl sites for hydroxylation is 1. The third-order valence-electron chi connectivity index (χ3n) is 5.94. The van der Waals surface area contributed by atoms with Gasteiger partial charge in [-0.1, -0.05) is 42.1 Å². The number of hydrogen-bond donors (Lipinski definition) is 3. The molecule has 14 nitrogen and oxygen atoms in total. The van der Waals surface area contributed by atoms with E-state index in [0.717, 1.165) is 4.90 Å². The maximum atomic E-state index is 13.3. The maximum absolute atomic E-state index is 13.3. The number of nitrogens with zero attached hydrogens (tertiary/aromatic N) is 6. The monoisotopic (exact) mass is 560 g/mol. The van der Waals surface area contributed by atoms with Crippen LogP contribution >= 0.6 is 23.5 Å². The molecule has 4 rings (SSSR count). The van der Waals surface area contributed by atoms with Crippen molar-refractivity contribution in [2.24, 2.45) is 7.05 Å². The van der Waals surface area contributed by atoms with Crippen LogP contribution in [-0.4, -0.2) is 94.8 Å². The van der Waals surface area contributed by atoms with Gasteiger partial charge in [0.2, 0.25) is 17.0 Å². The van der Waals surface area contributed by atoms with Crippen molar-refractivity contribution in [3.8, 4) is 0 Å². The third-order valence-corrected chi connectivity index (χ3v) is 8.38. The lowest BCUT2D eigenvalue weighted by atomic mass is 10.0. The SMILES string of the molecule is CC(=O)N(C)C(=O)NC(C(=O)NC1C(=O)N2C(C(=O)O)=C(CSc3nnnn3C)CS[C@@H]12)c1ccccc1. The van der Waals surface area contributed by atoms with Crippen LogP contribution in [0.5, 0.6) is 0 Å². The van der Waals surface area contributed by atoms with E-state index in [1.807, 2.05) is 0 Å². The fourth-order valence-corrected chi connectivity index (χ4v) is 6.17. The van der Waals surface area contributed by atoms with E-state index in [2.05, 4.69) is 26.2 Å². The number of carboxylic acids is 1. The molecule has 0 bridgehead atoms. The molecule has 0 spiro atoms. The highest BCUT2D eigenvalue weighted by molar-refractivity contribution is 8.01. The zero-order chi connectivity index (χ0) is 27.6. The topological polar surface area (TPSA) is 180 Å². The van der Waals surface area contributed by atoms with Crippen molar-refractivity contribution in [2.45, 2.75) is 29.5 Å².